The van der Waals surface area contributed by atoms with E-state index >= 15 is 0 Å². The molecule has 0 atom stereocenters. The first-order valence-electron chi connectivity index (χ1n) is 5.48. The zero-order valence-corrected chi connectivity index (χ0v) is 13.0. The van der Waals surface area contributed by atoms with Crippen LogP contribution in [0.5, 0.6) is 0 Å². The van der Waals surface area contributed by atoms with Crippen LogP contribution in [-0.4, -0.2) is 15.7 Å². The Balaban J connectivity index is 2.65. The third-order valence-corrected chi connectivity index (χ3v) is 3.79. The van der Waals surface area contributed by atoms with Gasteiger partial charge in [-0.15, -0.1) is 0 Å². The van der Waals surface area contributed by atoms with Gasteiger partial charge in [-0.2, -0.15) is 5.10 Å². The Morgan fingerprint density at radius 3 is 2.39 bits per heavy atom. The predicted molar refractivity (Wildman–Crippen MR) is 79.2 cm³/mol. The fourth-order valence-electron chi connectivity index (χ4n) is 1.85. The molecule has 2 rings (SSSR count). The summed E-state index contributed by atoms with van der Waals surface area (Å²) in [5, 5.41) is 5.71. The van der Waals surface area contributed by atoms with E-state index in [1.54, 1.807) is 0 Å². The van der Waals surface area contributed by atoms with Crippen molar-refractivity contribution in [2.75, 3.05) is 0 Å². The Morgan fingerprint density at radius 2 is 1.89 bits per heavy atom. The number of alkyl halides is 2. The quantitative estimate of drug-likeness (QED) is 0.764. The lowest BCUT2D eigenvalue weighted by Gasteiger charge is -2.01. The highest BCUT2D eigenvalue weighted by atomic mass is 79.9. The number of rotatable bonds is 3. The number of hydrogen-bond acceptors (Lipinski definition) is 2. The maximum atomic E-state index is 11.6. The molecule has 0 aliphatic heterocycles. The van der Waals surface area contributed by atoms with E-state index in [0.717, 1.165) is 22.5 Å². The van der Waals surface area contributed by atoms with E-state index in [2.05, 4.69) is 37.0 Å². The lowest BCUT2D eigenvalue weighted by molar-refractivity contribution is 0.0918. The van der Waals surface area contributed by atoms with Gasteiger partial charge in [0.1, 0.15) is 0 Å². The molecule has 0 unspecified atom stereocenters. The molecule has 0 spiro atoms. The van der Waals surface area contributed by atoms with Crippen LogP contribution in [0.25, 0.3) is 11.3 Å². The Hall–Kier alpha value is -0.940. The maximum Gasteiger partial charge on any atom is 0.244 e. The summed E-state index contributed by atoms with van der Waals surface area (Å²) in [6.07, 6.45) is 0. The maximum absolute atomic E-state index is 11.6. The van der Waals surface area contributed by atoms with Crippen LogP contribution in [-0.2, 0) is 10.7 Å². The van der Waals surface area contributed by atoms with Crippen molar-refractivity contribution in [1.29, 1.82) is 0 Å². The first kappa shape index (κ1) is 13.5. The standard InChI is InChI=1S/C13H12Br2N2O/c1-9(18)17-12(8-15)11(7-14)13(16-17)10-5-3-2-4-6-10/h2-6H,7-8H2,1H3. The summed E-state index contributed by atoms with van der Waals surface area (Å²) in [5.74, 6) is -0.0752. The molecule has 3 nitrogen and oxygen atoms in total. The number of nitrogens with zero attached hydrogens (tertiary/aromatic N) is 2. The molecule has 0 amide bonds. The third-order valence-electron chi connectivity index (χ3n) is 2.70. The summed E-state index contributed by atoms with van der Waals surface area (Å²) in [5.41, 5.74) is 3.83. The molecule has 1 heterocycles. The molecule has 5 heteroatoms. The van der Waals surface area contributed by atoms with Crippen LogP contribution in [0, 0.1) is 0 Å². The fraction of sp³-hybridized carbons (Fsp3) is 0.231. The van der Waals surface area contributed by atoms with Crippen LogP contribution in [0.1, 0.15) is 23.0 Å². The van der Waals surface area contributed by atoms with E-state index in [4.69, 9.17) is 0 Å². The van der Waals surface area contributed by atoms with Gasteiger partial charge >= 0.3 is 0 Å². The van der Waals surface area contributed by atoms with Crippen LogP contribution in [0.3, 0.4) is 0 Å². The summed E-state index contributed by atoms with van der Waals surface area (Å²) in [4.78, 5) is 11.6. The largest absolute Gasteiger partial charge is 0.273 e. The summed E-state index contributed by atoms with van der Waals surface area (Å²) in [6, 6.07) is 9.89. The summed E-state index contributed by atoms with van der Waals surface area (Å²) >= 11 is 6.89. The van der Waals surface area contributed by atoms with Crippen molar-refractivity contribution in [3.63, 3.8) is 0 Å². The second kappa shape index (κ2) is 5.80. The van der Waals surface area contributed by atoms with Crippen molar-refractivity contribution in [3.05, 3.63) is 41.6 Å². The average molecular weight is 372 g/mol. The predicted octanol–water partition coefficient (Wildman–Crippen LogP) is 4.00. The monoisotopic (exact) mass is 370 g/mol. The van der Waals surface area contributed by atoms with Crippen molar-refractivity contribution in [2.45, 2.75) is 17.6 Å². The molecule has 0 aliphatic carbocycles. The number of hydrogen-bond donors (Lipinski definition) is 0. The summed E-state index contributed by atoms with van der Waals surface area (Å²) < 4.78 is 1.47. The number of carbonyl (C=O) groups is 1. The minimum Gasteiger partial charge on any atom is -0.273 e. The molecule has 0 bridgehead atoms. The van der Waals surface area contributed by atoms with E-state index in [1.165, 1.54) is 11.6 Å². The normalized spacial score (nSPS) is 10.6. The van der Waals surface area contributed by atoms with Crippen LogP contribution in [0.15, 0.2) is 30.3 Å². The molecular formula is C13H12Br2N2O. The van der Waals surface area contributed by atoms with Crippen molar-refractivity contribution < 1.29 is 4.79 Å². The van der Waals surface area contributed by atoms with Gasteiger partial charge in [-0.05, 0) is 0 Å². The molecule has 0 aliphatic rings. The van der Waals surface area contributed by atoms with Crippen molar-refractivity contribution in [1.82, 2.24) is 9.78 Å². The molecule has 18 heavy (non-hydrogen) atoms. The lowest BCUT2D eigenvalue weighted by Crippen LogP contribution is -2.11. The number of benzene rings is 1. The van der Waals surface area contributed by atoms with Gasteiger partial charge in [-0.25, -0.2) is 4.68 Å². The van der Waals surface area contributed by atoms with Crippen LogP contribution in [0.4, 0.5) is 0 Å². The topological polar surface area (TPSA) is 34.9 Å². The molecule has 2 aromatic rings. The van der Waals surface area contributed by atoms with Gasteiger partial charge in [-0.3, -0.25) is 4.79 Å². The highest BCUT2D eigenvalue weighted by Crippen LogP contribution is 2.28. The highest BCUT2D eigenvalue weighted by Gasteiger charge is 2.19. The molecule has 0 radical (unpaired) electrons. The first-order chi connectivity index (χ1) is 8.69. The van der Waals surface area contributed by atoms with Crippen LogP contribution in [0.2, 0.25) is 0 Å². The van der Waals surface area contributed by atoms with Gasteiger partial charge in [0, 0.05) is 28.7 Å². The molecule has 0 saturated carbocycles. The van der Waals surface area contributed by atoms with E-state index < -0.39 is 0 Å². The van der Waals surface area contributed by atoms with E-state index in [-0.39, 0.29) is 5.91 Å². The minimum absolute atomic E-state index is 0.0752. The molecule has 0 N–H and O–H groups in total. The lowest BCUT2D eigenvalue weighted by atomic mass is 10.1. The molecule has 1 aromatic heterocycles. The van der Waals surface area contributed by atoms with Gasteiger partial charge in [0.25, 0.3) is 0 Å². The Bertz CT molecular complexity index is 564. The first-order valence-corrected chi connectivity index (χ1v) is 7.72. The zero-order valence-electron chi connectivity index (χ0n) is 9.86. The average Bonchev–Trinajstić information content (AvgIpc) is 2.78. The molecule has 0 fully saturated rings. The molecule has 0 saturated heterocycles. The van der Waals surface area contributed by atoms with Gasteiger partial charge < -0.3 is 0 Å². The highest BCUT2D eigenvalue weighted by molar-refractivity contribution is 9.09. The smallest absolute Gasteiger partial charge is 0.244 e. The number of aromatic nitrogens is 2. The number of halogens is 2. The van der Waals surface area contributed by atoms with E-state index in [9.17, 15) is 4.79 Å². The Labute approximate surface area is 122 Å². The molecule has 1 aromatic carbocycles. The molecular weight excluding hydrogens is 360 g/mol. The molecule has 94 valence electrons. The van der Waals surface area contributed by atoms with Gasteiger partial charge in [0.05, 0.1) is 11.4 Å². The van der Waals surface area contributed by atoms with Crippen molar-refractivity contribution in [3.8, 4) is 11.3 Å². The van der Waals surface area contributed by atoms with Gasteiger partial charge in [0.2, 0.25) is 5.91 Å². The second-order valence-corrected chi connectivity index (χ2v) is 4.96. The Kier molecular flexibility index (Phi) is 4.35. The number of carbonyl (C=O) groups excluding carboxylic acids is 1. The van der Waals surface area contributed by atoms with Gasteiger partial charge in [-0.1, -0.05) is 62.2 Å². The van der Waals surface area contributed by atoms with Crippen molar-refractivity contribution >= 4 is 37.8 Å². The zero-order chi connectivity index (χ0) is 13.1. The fourth-order valence-corrected chi connectivity index (χ4v) is 3.02. The third kappa shape index (κ3) is 2.42. The van der Waals surface area contributed by atoms with E-state index in [1.807, 2.05) is 30.3 Å². The Morgan fingerprint density at radius 1 is 1.22 bits per heavy atom. The van der Waals surface area contributed by atoms with Crippen LogP contribution >= 0.6 is 31.9 Å². The minimum atomic E-state index is -0.0752. The summed E-state index contributed by atoms with van der Waals surface area (Å²) in [6.45, 7) is 1.52. The van der Waals surface area contributed by atoms with Gasteiger partial charge in [0.15, 0.2) is 0 Å². The summed E-state index contributed by atoms with van der Waals surface area (Å²) in [7, 11) is 0. The van der Waals surface area contributed by atoms with E-state index in [0.29, 0.717) is 10.7 Å². The second-order valence-electron chi connectivity index (χ2n) is 3.84. The van der Waals surface area contributed by atoms with Crippen molar-refractivity contribution in [2.24, 2.45) is 0 Å². The SMILES string of the molecule is CC(=O)n1nc(-c2ccccc2)c(CBr)c1CBr. The van der Waals surface area contributed by atoms with Crippen LogP contribution < -0.4 is 0 Å².